The van der Waals surface area contributed by atoms with E-state index in [1.807, 2.05) is 38.1 Å². The Morgan fingerprint density at radius 3 is 2.40 bits per heavy atom. The first kappa shape index (κ1) is 34.0. The van der Waals surface area contributed by atoms with Gasteiger partial charge in [0, 0.05) is 24.7 Å². The van der Waals surface area contributed by atoms with Crippen molar-refractivity contribution >= 4 is 33.4 Å². The van der Waals surface area contributed by atoms with E-state index in [2.05, 4.69) is 20.4 Å². The van der Waals surface area contributed by atoms with Gasteiger partial charge in [0.05, 0.1) is 44.1 Å². The van der Waals surface area contributed by atoms with Crippen LogP contribution in [-0.2, 0) is 26.5 Å². The summed E-state index contributed by atoms with van der Waals surface area (Å²) in [4.78, 5) is 22.5. The van der Waals surface area contributed by atoms with Crippen molar-refractivity contribution in [2.45, 2.75) is 52.2 Å². The van der Waals surface area contributed by atoms with E-state index in [0.717, 1.165) is 11.1 Å². The number of aliphatic hydroxyl groups is 1. The summed E-state index contributed by atoms with van der Waals surface area (Å²) >= 11 is 6.45. The molecule has 2 heterocycles. The normalized spacial score (nSPS) is 14.8. The Morgan fingerprint density at radius 2 is 1.78 bits per heavy atom. The molecule has 240 valence electrons. The molecule has 1 fully saturated rings. The Labute approximate surface area is 269 Å². The fraction of sp³-hybridized carbons (Fsp3) is 0.438. The van der Waals surface area contributed by atoms with Crippen LogP contribution in [0.25, 0.3) is 0 Å². The number of carbonyl (C=O) groups excluding carboxylic acids is 1. The van der Waals surface area contributed by atoms with Gasteiger partial charge in [-0.3, -0.25) is 0 Å². The van der Waals surface area contributed by atoms with Gasteiger partial charge in [-0.25, -0.2) is 19.0 Å². The topological polar surface area (TPSA) is 147 Å². The molecular weight excluding hydrogens is 618 g/mol. The van der Waals surface area contributed by atoms with Gasteiger partial charge in [0.15, 0.2) is 5.75 Å². The summed E-state index contributed by atoms with van der Waals surface area (Å²) in [6, 6.07) is 15.0. The summed E-state index contributed by atoms with van der Waals surface area (Å²) in [6.07, 6.45) is 1.13. The third kappa shape index (κ3) is 8.84. The SMILES string of the molecule is CC(C)(C)OC(=O)N1CCS(=O)(=Nc2nccc(COc3ccc(C(C)(C)c4cc(Cl)c(OCCO)c(C#N)c4)cc3)n2)CC1. The lowest BCUT2D eigenvalue weighted by Crippen LogP contribution is -2.45. The molecule has 0 aliphatic carbocycles. The molecule has 0 spiro atoms. The minimum Gasteiger partial charge on any atom is -0.488 e. The van der Waals surface area contributed by atoms with E-state index in [9.17, 15) is 14.3 Å². The fourth-order valence-corrected chi connectivity index (χ4v) is 6.66. The van der Waals surface area contributed by atoms with Gasteiger partial charge in [-0.1, -0.05) is 37.6 Å². The number of halogens is 1. The fourth-order valence-electron chi connectivity index (χ4n) is 4.60. The highest BCUT2D eigenvalue weighted by Crippen LogP contribution is 2.38. The number of carbonyl (C=O) groups is 1. The molecule has 0 saturated carbocycles. The van der Waals surface area contributed by atoms with Crippen LogP contribution in [0, 0.1) is 11.3 Å². The van der Waals surface area contributed by atoms with Crippen LogP contribution < -0.4 is 9.47 Å². The average Bonchev–Trinajstić information content (AvgIpc) is 2.98. The van der Waals surface area contributed by atoms with Crippen LogP contribution in [-0.4, -0.2) is 73.7 Å². The van der Waals surface area contributed by atoms with Crippen LogP contribution >= 0.6 is 11.6 Å². The molecule has 2 aromatic carbocycles. The molecule has 1 saturated heterocycles. The Kier molecular flexibility index (Phi) is 10.6. The largest absolute Gasteiger partial charge is 0.488 e. The maximum atomic E-state index is 13.4. The molecule has 0 atom stereocenters. The minimum absolute atomic E-state index is 0.0421. The van der Waals surface area contributed by atoms with E-state index in [0.29, 0.717) is 22.0 Å². The molecule has 0 unspecified atom stereocenters. The van der Waals surface area contributed by atoms with Crippen molar-refractivity contribution in [2.75, 3.05) is 37.8 Å². The van der Waals surface area contributed by atoms with Crippen molar-refractivity contribution in [2.24, 2.45) is 4.36 Å². The Morgan fingerprint density at radius 1 is 1.09 bits per heavy atom. The number of aromatic nitrogens is 2. The monoisotopic (exact) mass is 655 g/mol. The van der Waals surface area contributed by atoms with E-state index in [1.54, 1.807) is 50.1 Å². The van der Waals surface area contributed by atoms with E-state index >= 15 is 0 Å². The van der Waals surface area contributed by atoms with Crippen molar-refractivity contribution in [3.05, 3.63) is 76.1 Å². The van der Waals surface area contributed by atoms with Gasteiger partial charge >= 0.3 is 6.09 Å². The number of nitriles is 1. The average molecular weight is 656 g/mol. The second kappa shape index (κ2) is 14.0. The van der Waals surface area contributed by atoms with Gasteiger partial charge in [-0.2, -0.15) is 9.62 Å². The van der Waals surface area contributed by atoms with Gasteiger partial charge in [-0.15, -0.1) is 0 Å². The summed E-state index contributed by atoms with van der Waals surface area (Å²) in [5.41, 5.74) is 1.59. The quantitative estimate of drug-likeness (QED) is 0.310. The maximum Gasteiger partial charge on any atom is 0.410 e. The molecule has 1 aliphatic heterocycles. The molecule has 4 rings (SSSR count). The second-order valence-electron chi connectivity index (χ2n) is 12.0. The predicted molar refractivity (Wildman–Crippen MR) is 171 cm³/mol. The van der Waals surface area contributed by atoms with Gasteiger partial charge in [0.25, 0.3) is 5.95 Å². The first-order valence-electron chi connectivity index (χ1n) is 14.5. The van der Waals surface area contributed by atoms with Crippen LogP contribution in [0.3, 0.4) is 0 Å². The lowest BCUT2D eigenvalue weighted by molar-refractivity contribution is 0.0268. The van der Waals surface area contributed by atoms with Gasteiger partial charge < -0.3 is 24.2 Å². The van der Waals surface area contributed by atoms with E-state index in [1.165, 1.54) is 0 Å². The lowest BCUT2D eigenvalue weighted by atomic mass is 9.77. The zero-order valence-electron chi connectivity index (χ0n) is 26.1. The van der Waals surface area contributed by atoms with Crippen LogP contribution in [0.2, 0.25) is 5.02 Å². The van der Waals surface area contributed by atoms with Crippen molar-refractivity contribution < 1.29 is 28.3 Å². The standard InChI is InChI=1S/C32H38ClN5O6S/c1-31(2,3)44-30(40)38-12-16-45(41,17-13-38)37-29-35-11-10-25(36-29)21-43-26-8-6-23(7-9-26)32(4,5)24-18-22(20-34)28(27(33)19-24)42-15-14-39/h6-11,18-19,39H,12-17,21H2,1-5H3. The number of rotatable bonds is 9. The molecule has 0 radical (unpaired) electrons. The molecule has 45 heavy (non-hydrogen) atoms. The summed E-state index contributed by atoms with van der Waals surface area (Å²) < 4.78 is 34.6. The Bertz CT molecular complexity index is 1680. The van der Waals surface area contributed by atoms with Crippen molar-refractivity contribution in [1.29, 1.82) is 5.26 Å². The summed E-state index contributed by atoms with van der Waals surface area (Å²) in [7, 11) is -2.63. The summed E-state index contributed by atoms with van der Waals surface area (Å²) in [5, 5.41) is 19.0. The number of ether oxygens (including phenoxy) is 3. The zero-order valence-corrected chi connectivity index (χ0v) is 27.7. The Hall–Kier alpha value is -3.92. The predicted octanol–water partition coefficient (Wildman–Crippen LogP) is 5.63. The number of benzene rings is 2. The van der Waals surface area contributed by atoms with Crippen molar-refractivity contribution in [1.82, 2.24) is 14.9 Å². The molecule has 1 N–H and O–H groups in total. The molecule has 13 heteroatoms. The van der Waals surface area contributed by atoms with Crippen LogP contribution in [0.15, 0.2) is 53.0 Å². The first-order valence-corrected chi connectivity index (χ1v) is 16.7. The second-order valence-corrected chi connectivity index (χ2v) is 15.0. The van der Waals surface area contributed by atoms with Crippen LogP contribution in [0.5, 0.6) is 11.5 Å². The third-order valence-electron chi connectivity index (χ3n) is 7.15. The molecule has 1 amide bonds. The van der Waals surface area contributed by atoms with Crippen LogP contribution in [0.4, 0.5) is 10.7 Å². The highest BCUT2D eigenvalue weighted by atomic mass is 35.5. The van der Waals surface area contributed by atoms with Crippen molar-refractivity contribution in [3.8, 4) is 17.6 Å². The summed E-state index contributed by atoms with van der Waals surface area (Å²) in [5.74, 6) is 1.42. The van der Waals surface area contributed by atoms with E-state index in [4.69, 9.17) is 30.9 Å². The smallest absolute Gasteiger partial charge is 0.410 e. The van der Waals surface area contributed by atoms with E-state index in [-0.39, 0.29) is 56.1 Å². The molecule has 1 aromatic heterocycles. The third-order valence-corrected chi connectivity index (χ3v) is 9.56. The number of amides is 1. The first-order chi connectivity index (χ1) is 21.2. The Balaban J connectivity index is 1.40. The molecular formula is C32H38ClN5O6S. The van der Waals surface area contributed by atoms with Crippen LogP contribution in [0.1, 0.15) is 57.0 Å². The van der Waals surface area contributed by atoms with Crippen molar-refractivity contribution in [3.63, 3.8) is 0 Å². The zero-order chi connectivity index (χ0) is 32.8. The highest BCUT2D eigenvalue weighted by Gasteiger charge is 2.29. The lowest BCUT2D eigenvalue weighted by Gasteiger charge is -2.30. The van der Waals surface area contributed by atoms with E-state index < -0.39 is 26.8 Å². The van der Waals surface area contributed by atoms with Gasteiger partial charge in [-0.05, 0) is 62.2 Å². The highest BCUT2D eigenvalue weighted by molar-refractivity contribution is 7.93. The molecule has 3 aromatic rings. The molecule has 11 nitrogen and oxygen atoms in total. The number of hydrogen-bond donors (Lipinski definition) is 1. The maximum absolute atomic E-state index is 13.4. The van der Waals surface area contributed by atoms with Gasteiger partial charge in [0.1, 0.15) is 30.6 Å². The molecule has 1 aliphatic rings. The number of aliphatic hydroxyl groups excluding tert-OH is 1. The number of hydrogen-bond acceptors (Lipinski definition) is 10. The number of nitrogens with zero attached hydrogens (tertiary/aromatic N) is 5. The summed E-state index contributed by atoms with van der Waals surface area (Å²) in [6.45, 7) is 10.0. The minimum atomic E-state index is -2.63. The van der Waals surface area contributed by atoms with Gasteiger partial charge in [0.2, 0.25) is 0 Å². The molecule has 0 bridgehead atoms.